The molecule has 9 rings (SSSR count). The zero-order valence-electron chi connectivity index (χ0n) is 20.4. The first-order valence-electron chi connectivity index (χ1n) is 13.0. The SMILES string of the molecule is CCn1c2ccccc2c2c3c(c4c5cccc6c7cc8cccc(C)c8cc7n(c65)c4c21)C=CC3. The molecule has 0 saturated carbocycles. The van der Waals surface area contributed by atoms with E-state index in [1.807, 2.05) is 0 Å². The van der Waals surface area contributed by atoms with Gasteiger partial charge in [0.25, 0.3) is 0 Å². The minimum atomic E-state index is 0.948. The fourth-order valence-electron chi connectivity index (χ4n) is 7.32. The Kier molecular flexibility index (Phi) is 3.30. The number of nitrogens with zero attached hydrogens (tertiary/aromatic N) is 2. The highest BCUT2D eigenvalue weighted by atomic mass is 15.0. The maximum Gasteiger partial charge on any atom is 0.0792 e. The van der Waals surface area contributed by atoms with Crippen LogP contribution in [0.5, 0.6) is 0 Å². The van der Waals surface area contributed by atoms with E-state index in [2.05, 4.69) is 108 Å². The highest BCUT2D eigenvalue weighted by molar-refractivity contribution is 6.32. The summed E-state index contributed by atoms with van der Waals surface area (Å²) in [6.45, 7) is 5.46. The number of allylic oxidation sites excluding steroid dienone is 1. The van der Waals surface area contributed by atoms with Gasteiger partial charge in [-0.25, -0.2) is 0 Å². The summed E-state index contributed by atoms with van der Waals surface area (Å²) >= 11 is 0. The van der Waals surface area contributed by atoms with E-state index in [0.29, 0.717) is 0 Å². The average Bonchev–Trinajstić information content (AvgIpc) is 3.65. The van der Waals surface area contributed by atoms with Gasteiger partial charge in [0.05, 0.1) is 22.1 Å². The van der Waals surface area contributed by atoms with Crippen LogP contribution in [0.4, 0.5) is 0 Å². The average molecular weight is 461 g/mol. The van der Waals surface area contributed by atoms with Crippen molar-refractivity contribution in [3.05, 3.63) is 95.6 Å². The van der Waals surface area contributed by atoms with Crippen molar-refractivity contribution in [2.45, 2.75) is 26.8 Å². The quantitative estimate of drug-likeness (QED) is 0.231. The summed E-state index contributed by atoms with van der Waals surface area (Å²) < 4.78 is 5.15. The Balaban J connectivity index is 1.69. The fraction of sp³-hybridized carbons (Fsp3) is 0.118. The molecule has 5 aromatic carbocycles. The van der Waals surface area contributed by atoms with E-state index >= 15 is 0 Å². The summed E-state index contributed by atoms with van der Waals surface area (Å²) in [6, 6.07) is 27.4. The molecule has 0 aliphatic heterocycles. The number of aromatic nitrogens is 2. The molecule has 170 valence electrons. The Morgan fingerprint density at radius 3 is 2.44 bits per heavy atom. The molecular formula is C34H24N2. The highest BCUT2D eigenvalue weighted by Gasteiger charge is 2.27. The molecule has 3 heterocycles. The van der Waals surface area contributed by atoms with E-state index in [9.17, 15) is 0 Å². The first-order chi connectivity index (χ1) is 17.8. The van der Waals surface area contributed by atoms with Gasteiger partial charge in [-0.05, 0) is 65.9 Å². The predicted octanol–water partition coefficient (Wildman–Crippen LogP) is 9.00. The number of hydrogen-bond acceptors (Lipinski definition) is 0. The second-order valence-corrected chi connectivity index (χ2v) is 10.4. The standard InChI is InChI=1S/C34H24N2/c1-3-35-28-16-5-4-11-24(28)30-21-12-7-13-22(21)31-25-15-8-14-23-27-17-20-10-6-9-19(2)26(20)18-29(27)36(32(23)25)34(31)33(30)35/h4-11,13-18H,3,12H2,1-2H3. The monoisotopic (exact) mass is 460 g/mol. The van der Waals surface area contributed by atoms with Gasteiger partial charge in [0, 0.05) is 44.4 Å². The summed E-state index contributed by atoms with van der Waals surface area (Å²) in [5.74, 6) is 0. The summed E-state index contributed by atoms with van der Waals surface area (Å²) in [4.78, 5) is 0. The van der Waals surface area contributed by atoms with Gasteiger partial charge in [-0.1, -0.05) is 66.7 Å². The van der Waals surface area contributed by atoms with Crippen LogP contribution in [0.15, 0.2) is 78.9 Å². The molecule has 0 fully saturated rings. The van der Waals surface area contributed by atoms with Gasteiger partial charge in [-0.3, -0.25) is 0 Å². The van der Waals surface area contributed by atoms with Crippen LogP contribution in [0.25, 0.3) is 76.7 Å². The van der Waals surface area contributed by atoms with Crippen LogP contribution < -0.4 is 0 Å². The Morgan fingerprint density at radius 1 is 0.694 bits per heavy atom. The topological polar surface area (TPSA) is 9.34 Å². The van der Waals surface area contributed by atoms with Crippen LogP contribution >= 0.6 is 0 Å². The first-order valence-corrected chi connectivity index (χ1v) is 13.0. The van der Waals surface area contributed by atoms with E-state index in [4.69, 9.17) is 0 Å². The fourth-order valence-corrected chi connectivity index (χ4v) is 7.32. The molecule has 36 heavy (non-hydrogen) atoms. The van der Waals surface area contributed by atoms with Crippen molar-refractivity contribution in [2.75, 3.05) is 0 Å². The number of rotatable bonds is 1. The molecule has 0 saturated heterocycles. The van der Waals surface area contributed by atoms with Crippen LogP contribution in [0, 0.1) is 6.92 Å². The van der Waals surface area contributed by atoms with E-state index < -0.39 is 0 Å². The molecule has 0 amide bonds. The van der Waals surface area contributed by atoms with E-state index in [1.54, 1.807) is 0 Å². The van der Waals surface area contributed by atoms with Gasteiger partial charge in [-0.2, -0.15) is 0 Å². The number of hydrogen-bond donors (Lipinski definition) is 0. The molecule has 0 atom stereocenters. The largest absolute Gasteiger partial charge is 0.339 e. The third-order valence-electron chi connectivity index (χ3n) is 8.75. The first kappa shape index (κ1) is 19.0. The molecule has 1 aliphatic carbocycles. The van der Waals surface area contributed by atoms with Crippen LogP contribution in [0.3, 0.4) is 0 Å². The number of benzene rings is 5. The molecule has 0 bridgehead atoms. The van der Waals surface area contributed by atoms with Crippen molar-refractivity contribution < 1.29 is 0 Å². The van der Waals surface area contributed by atoms with Gasteiger partial charge in [0.15, 0.2) is 0 Å². The van der Waals surface area contributed by atoms with E-state index in [0.717, 1.165) is 13.0 Å². The summed E-state index contributed by atoms with van der Waals surface area (Å²) in [6.07, 6.45) is 5.73. The lowest BCUT2D eigenvalue weighted by Crippen LogP contribution is -1.97. The Bertz CT molecular complexity index is 2270. The van der Waals surface area contributed by atoms with E-state index in [1.165, 1.54) is 87.4 Å². The zero-order chi connectivity index (χ0) is 23.7. The third-order valence-corrected chi connectivity index (χ3v) is 8.75. The van der Waals surface area contributed by atoms with Gasteiger partial charge in [0.1, 0.15) is 0 Å². The van der Waals surface area contributed by atoms with Crippen molar-refractivity contribution in [1.29, 1.82) is 0 Å². The van der Waals surface area contributed by atoms with Crippen LogP contribution in [-0.2, 0) is 13.0 Å². The molecule has 1 aliphatic rings. The van der Waals surface area contributed by atoms with Crippen molar-refractivity contribution in [2.24, 2.45) is 0 Å². The summed E-state index contributed by atoms with van der Waals surface area (Å²) in [7, 11) is 0. The molecule has 0 unspecified atom stereocenters. The summed E-state index contributed by atoms with van der Waals surface area (Å²) in [5.41, 5.74) is 11.0. The predicted molar refractivity (Wildman–Crippen MR) is 155 cm³/mol. The number of fused-ring (bicyclic) bond motifs is 14. The lowest BCUT2D eigenvalue weighted by molar-refractivity contribution is 0.828. The highest BCUT2D eigenvalue weighted by Crippen LogP contribution is 2.48. The minimum absolute atomic E-state index is 0.948. The summed E-state index contributed by atoms with van der Waals surface area (Å²) in [5, 5.41) is 11.0. The van der Waals surface area contributed by atoms with Crippen LogP contribution in [0.2, 0.25) is 0 Å². The molecule has 3 aromatic heterocycles. The maximum atomic E-state index is 2.60. The molecular weight excluding hydrogens is 436 g/mol. The lowest BCUT2D eigenvalue weighted by Gasteiger charge is -2.11. The van der Waals surface area contributed by atoms with Crippen LogP contribution in [0.1, 0.15) is 23.6 Å². The molecule has 0 spiro atoms. The normalized spacial score (nSPS) is 13.7. The number of aryl methyl sites for hydroxylation is 2. The van der Waals surface area contributed by atoms with Crippen molar-refractivity contribution in [3.63, 3.8) is 0 Å². The molecule has 8 aromatic rings. The van der Waals surface area contributed by atoms with Gasteiger partial charge in [-0.15, -0.1) is 0 Å². The van der Waals surface area contributed by atoms with Crippen molar-refractivity contribution in [1.82, 2.24) is 8.97 Å². The zero-order valence-corrected chi connectivity index (χ0v) is 20.4. The second kappa shape index (κ2) is 6.27. The van der Waals surface area contributed by atoms with Crippen LogP contribution in [-0.4, -0.2) is 8.97 Å². The smallest absolute Gasteiger partial charge is 0.0792 e. The van der Waals surface area contributed by atoms with Gasteiger partial charge >= 0.3 is 0 Å². The maximum absolute atomic E-state index is 2.60. The molecule has 2 heteroatoms. The lowest BCUT2D eigenvalue weighted by atomic mass is 9.96. The second-order valence-electron chi connectivity index (χ2n) is 10.4. The Hall–Kier alpha value is -4.30. The van der Waals surface area contributed by atoms with Crippen molar-refractivity contribution in [3.8, 4) is 0 Å². The molecule has 2 nitrogen and oxygen atoms in total. The Morgan fingerprint density at radius 2 is 1.53 bits per heavy atom. The molecule has 0 radical (unpaired) electrons. The van der Waals surface area contributed by atoms with E-state index in [-0.39, 0.29) is 0 Å². The Labute approximate surface area is 208 Å². The van der Waals surface area contributed by atoms with Crippen molar-refractivity contribution >= 4 is 76.7 Å². The number of para-hydroxylation sites is 2. The van der Waals surface area contributed by atoms with Gasteiger partial charge < -0.3 is 8.97 Å². The molecule has 0 N–H and O–H groups in total. The van der Waals surface area contributed by atoms with Gasteiger partial charge in [0.2, 0.25) is 0 Å². The minimum Gasteiger partial charge on any atom is -0.339 e. The third kappa shape index (κ3) is 2.00.